The predicted molar refractivity (Wildman–Crippen MR) is 119 cm³/mol. The van der Waals surface area contributed by atoms with Gasteiger partial charge in [-0.3, -0.25) is 4.79 Å². The number of carbonyl (C=O) groups excluding carboxylic acids is 1. The molecule has 1 fully saturated rings. The minimum absolute atomic E-state index is 0.231. The first-order valence-electron chi connectivity index (χ1n) is 10.6. The van der Waals surface area contributed by atoms with E-state index in [0.29, 0.717) is 30.9 Å². The van der Waals surface area contributed by atoms with E-state index >= 15 is 0 Å². The van der Waals surface area contributed by atoms with Gasteiger partial charge in [0.25, 0.3) is 5.91 Å². The molecule has 1 N–H and O–H groups in total. The van der Waals surface area contributed by atoms with Gasteiger partial charge in [0.1, 0.15) is 5.75 Å². The molecule has 0 bridgehead atoms. The number of rotatable bonds is 7. The van der Waals surface area contributed by atoms with Crippen molar-refractivity contribution in [2.75, 3.05) is 25.0 Å². The molecule has 30 heavy (non-hydrogen) atoms. The summed E-state index contributed by atoms with van der Waals surface area (Å²) in [4.78, 5) is 12.9. The van der Waals surface area contributed by atoms with Crippen molar-refractivity contribution in [3.8, 4) is 5.75 Å². The lowest BCUT2D eigenvalue weighted by Crippen LogP contribution is -2.31. The second-order valence-electron chi connectivity index (χ2n) is 7.62. The summed E-state index contributed by atoms with van der Waals surface area (Å²) in [5.41, 5.74) is 2.01. The summed E-state index contributed by atoms with van der Waals surface area (Å²) in [6, 6.07) is 11.7. The number of nitrogens with zero attached hydrogens (tertiary/aromatic N) is 1. The monoisotopic (exact) mass is 430 g/mol. The Kier molecular flexibility index (Phi) is 7.50. The minimum atomic E-state index is -3.52. The van der Waals surface area contributed by atoms with Crippen LogP contribution in [-0.2, 0) is 10.0 Å². The van der Waals surface area contributed by atoms with Crippen LogP contribution in [0.15, 0.2) is 47.4 Å². The van der Waals surface area contributed by atoms with Crippen LogP contribution in [0.4, 0.5) is 5.69 Å². The molecular weight excluding hydrogens is 400 g/mol. The van der Waals surface area contributed by atoms with Gasteiger partial charge in [0.05, 0.1) is 11.5 Å². The standard InChI is InChI=1S/C23H30N2O4S/c1-3-16-29-20-10-13-22(18(2)17-20)24-23(26)19-8-11-21(12-9-19)30(27,28)25-14-6-4-5-7-15-25/h8-13,17H,3-7,14-16H2,1-2H3,(H,24,26). The highest BCUT2D eigenvalue weighted by Crippen LogP contribution is 2.23. The molecule has 1 aliphatic rings. The minimum Gasteiger partial charge on any atom is -0.494 e. The zero-order valence-corrected chi connectivity index (χ0v) is 18.5. The van der Waals surface area contributed by atoms with E-state index in [2.05, 4.69) is 5.32 Å². The molecule has 162 valence electrons. The van der Waals surface area contributed by atoms with E-state index in [4.69, 9.17) is 4.74 Å². The van der Waals surface area contributed by atoms with Gasteiger partial charge in [-0.25, -0.2) is 8.42 Å². The molecule has 3 rings (SSSR count). The van der Waals surface area contributed by atoms with Crippen LogP contribution in [0.25, 0.3) is 0 Å². The van der Waals surface area contributed by atoms with Crippen LogP contribution in [0.5, 0.6) is 5.75 Å². The number of ether oxygens (including phenoxy) is 1. The van der Waals surface area contributed by atoms with E-state index in [-0.39, 0.29) is 10.8 Å². The van der Waals surface area contributed by atoms with Gasteiger partial charge in [0, 0.05) is 24.3 Å². The Bertz CT molecular complexity index is 963. The normalized spacial score (nSPS) is 15.4. The molecule has 1 saturated heterocycles. The van der Waals surface area contributed by atoms with Gasteiger partial charge in [0.15, 0.2) is 0 Å². The number of aryl methyl sites for hydroxylation is 1. The van der Waals surface area contributed by atoms with Gasteiger partial charge in [-0.1, -0.05) is 19.8 Å². The smallest absolute Gasteiger partial charge is 0.255 e. The lowest BCUT2D eigenvalue weighted by Gasteiger charge is -2.20. The van der Waals surface area contributed by atoms with Crippen molar-refractivity contribution in [2.24, 2.45) is 0 Å². The Balaban J connectivity index is 1.69. The number of nitrogens with one attached hydrogen (secondary N) is 1. The molecule has 7 heteroatoms. The molecule has 6 nitrogen and oxygen atoms in total. The second kappa shape index (κ2) is 10.1. The number of hydrogen-bond acceptors (Lipinski definition) is 4. The SMILES string of the molecule is CCCOc1ccc(NC(=O)c2ccc(S(=O)(=O)N3CCCCCC3)cc2)c(C)c1. The van der Waals surface area contributed by atoms with E-state index in [0.717, 1.165) is 43.4 Å². The van der Waals surface area contributed by atoms with Gasteiger partial charge < -0.3 is 10.1 Å². The lowest BCUT2D eigenvalue weighted by molar-refractivity contribution is 0.102. The van der Waals surface area contributed by atoms with Gasteiger partial charge in [-0.15, -0.1) is 0 Å². The molecule has 0 spiro atoms. The third-order valence-electron chi connectivity index (χ3n) is 5.24. The van der Waals surface area contributed by atoms with Gasteiger partial charge in [0.2, 0.25) is 10.0 Å². The summed E-state index contributed by atoms with van der Waals surface area (Å²) in [5.74, 6) is 0.495. The Hall–Kier alpha value is -2.38. The highest BCUT2D eigenvalue weighted by molar-refractivity contribution is 7.89. The second-order valence-corrected chi connectivity index (χ2v) is 9.56. The quantitative estimate of drug-likeness (QED) is 0.696. The molecule has 0 aromatic heterocycles. The van der Waals surface area contributed by atoms with E-state index in [1.807, 2.05) is 32.0 Å². The molecule has 0 aliphatic carbocycles. The van der Waals surface area contributed by atoms with Gasteiger partial charge in [-0.2, -0.15) is 4.31 Å². The van der Waals surface area contributed by atoms with Crippen LogP contribution in [-0.4, -0.2) is 38.3 Å². The number of amides is 1. The summed E-state index contributed by atoms with van der Waals surface area (Å²) < 4.78 is 32.9. The highest BCUT2D eigenvalue weighted by Gasteiger charge is 2.25. The number of hydrogen-bond donors (Lipinski definition) is 1. The van der Waals surface area contributed by atoms with Crippen molar-refractivity contribution in [1.82, 2.24) is 4.31 Å². The highest BCUT2D eigenvalue weighted by atomic mass is 32.2. The van der Waals surface area contributed by atoms with Crippen LogP contribution >= 0.6 is 0 Å². The third-order valence-corrected chi connectivity index (χ3v) is 7.15. The van der Waals surface area contributed by atoms with E-state index < -0.39 is 10.0 Å². The van der Waals surface area contributed by atoms with Crippen molar-refractivity contribution >= 4 is 21.6 Å². The third kappa shape index (κ3) is 5.40. The van der Waals surface area contributed by atoms with Crippen LogP contribution in [0.3, 0.4) is 0 Å². The van der Waals surface area contributed by atoms with Crippen molar-refractivity contribution < 1.29 is 17.9 Å². The summed E-state index contributed by atoms with van der Waals surface area (Å²) in [7, 11) is -3.52. The maximum absolute atomic E-state index is 12.9. The Morgan fingerprint density at radius 2 is 1.70 bits per heavy atom. The first-order valence-corrected chi connectivity index (χ1v) is 12.0. The fourth-order valence-electron chi connectivity index (χ4n) is 3.49. The van der Waals surface area contributed by atoms with Crippen LogP contribution in [0.2, 0.25) is 0 Å². The maximum atomic E-state index is 12.9. The van der Waals surface area contributed by atoms with Crippen molar-refractivity contribution in [1.29, 1.82) is 0 Å². The summed E-state index contributed by atoms with van der Waals surface area (Å²) in [5, 5.41) is 2.89. The Morgan fingerprint density at radius 3 is 2.30 bits per heavy atom. The largest absolute Gasteiger partial charge is 0.494 e. The average Bonchev–Trinajstić information content (AvgIpc) is 3.04. The fraction of sp³-hybridized carbons (Fsp3) is 0.435. The fourth-order valence-corrected chi connectivity index (χ4v) is 5.01. The molecule has 2 aromatic carbocycles. The molecule has 1 aliphatic heterocycles. The molecule has 0 unspecified atom stereocenters. The number of anilines is 1. The number of benzene rings is 2. The first-order chi connectivity index (χ1) is 14.4. The van der Waals surface area contributed by atoms with Crippen LogP contribution in [0.1, 0.15) is 54.9 Å². The van der Waals surface area contributed by atoms with Crippen LogP contribution in [0, 0.1) is 6.92 Å². The van der Waals surface area contributed by atoms with Crippen LogP contribution < -0.4 is 10.1 Å². The Labute approximate surface area is 179 Å². The predicted octanol–water partition coefficient (Wildman–Crippen LogP) is 4.60. The summed E-state index contributed by atoms with van der Waals surface area (Å²) >= 11 is 0. The maximum Gasteiger partial charge on any atom is 0.255 e. The van der Waals surface area contributed by atoms with Crippen molar-refractivity contribution in [3.63, 3.8) is 0 Å². The van der Waals surface area contributed by atoms with E-state index in [1.54, 1.807) is 16.4 Å². The van der Waals surface area contributed by atoms with Gasteiger partial charge >= 0.3 is 0 Å². The zero-order valence-electron chi connectivity index (χ0n) is 17.7. The average molecular weight is 431 g/mol. The van der Waals surface area contributed by atoms with Crippen molar-refractivity contribution in [3.05, 3.63) is 53.6 Å². The van der Waals surface area contributed by atoms with E-state index in [9.17, 15) is 13.2 Å². The molecular formula is C23H30N2O4S. The Morgan fingerprint density at radius 1 is 1.03 bits per heavy atom. The van der Waals surface area contributed by atoms with Crippen molar-refractivity contribution in [2.45, 2.75) is 50.8 Å². The first kappa shape index (κ1) is 22.3. The summed E-state index contributed by atoms with van der Waals surface area (Å²) in [6.07, 6.45) is 4.84. The van der Waals surface area contributed by atoms with E-state index in [1.165, 1.54) is 12.1 Å². The van der Waals surface area contributed by atoms with Gasteiger partial charge in [-0.05, 0) is 74.2 Å². The number of carbonyl (C=O) groups is 1. The molecule has 2 aromatic rings. The molecule has 0 atom stereocenters. The molecule has 1 heterocycles. The number of sulfonamides is 1. The molecule has 1 amide bonds. The topological polar surface area (TPSA) is 75.7 Å². The lowest BCUT2D eigenvalue weighted by atomic mass is 10.1. The molecule has 0 saturated carbocycles. The summed E-state index contributed by atoms with van der Waals surface area (Å²) in [6.45, 7) is 5.72. The zero-order chi connectivity index (χ0) is 21.6. The molecule has 0 radical (unpaired) electrons.